The maximum absolute atomic E-state index is 5.73. The lowest BCUT2D eigenvalue weighted by Gasteiger charge is -2.12. The van der Waals surface area contributed by atoms with E-state index in [4.69, 9.17) is 10.5 Å². The van der Waals surface area contributed by atoms with Gasteiger partial charge >= 0.3 is 0 Å². The van der Waals surface area contributed by atoms with Crippen LogP contribution in [-0.4, -0.2) is 0 Å². The van der Waals surface area contributed by atoms with Gasteiger partial charge in [-0.15, -0.1) is 0 Å². The summed E-state index contributed by atoms with van der Waals surface area (Å²) in [6.45, 7) is 0.608. The Labute approximate surface area is 90.1 Å². The number of hydrogen-bond acceptors (Lipinski definition) is 2. The Morgan fingerprint density at radius 1 is 1.20 bits per heavy atom. The zero-order chi connectivity index (χ0) is 10.5. The van der Waals surface area contributed by atoms with Crippen LogP contribution in [-0.2, 0) is 11.3 Å². The lowest BCUT2D eigenvalue weighted by molar-refractivity contribution is 0.208. The Morgan fingerprint density at radius 2 is 2.00 bits per heavy atom. The Morgan fingerprint density at radius 3 is 2.73 bits per heavy atom. The first-order valence-electron chi connectivity index (χ1n) is 5.17. The third-order valence-electron chi connectivity index (χ3n) is 2.35. The number of ether oxygens (including phenoxy) is 1. The molecule has 2 nitrogen and oxygen atoms in total. The fourth-order valence-corrected chi connectivity index (χ4v) is 1.54. The van der Waals surface area contributed by atoms with Crippen molar-refractivity contribution in [3.05, 3.63) is 59.5 Å². The van der Waals surface area contributed by atoms with Crippen molar-refractivity contribution < 1.29 is 4.74 Å². The van der Waals surface area contributed by atoms with E-state index >= 15 is 0 Å². The molecule has 15 heavy (non-hydrogen) atoms. The fourth-order valence-electron chi connectivity index (χ4n) is 1.54. The minimum Gasteiger partial charge on any atom is -0.489 e. The largest absolute Gasteiger partial charge is 0.489 e. The molecule has 0 heterocycles. The lowest BCUT2D eigenvalue weighted by atomic mass is 10.1. The quantitative estimate of drug-likeness (QED) is 0.816. The number of nitrogens with two attached hydrogens (primary N) is 1. The van der Waals surface area contributed by atoms with E-state index < -0.39 is 0 Å². The van der Waals surface area contributed by atoms with E-state index in [-0.39, 0.29) is 0 Å². The summed E-state index contributed by atoms with van der Waals surface area (Å²) in [6.07, 6.45) is 5.91. The van der Waals surface area contributed by atoms with Gasteiger partial charge in [0.1, 0.15) is 12.4 Å². The van der Waals surface area contributed by atoms with Gasteiger partial charge in [0.25, 0.3) is 0 Å². The van der Waals surface area contributed by atoms with Gasteiger partial charge in [0, 0.05) is 5.70 Å². The normalized spacial score (nSPS) is 15.5. The van der Waals surface area contributed by atoms with Crippen molar-refractivity contribution in [2.45, 2.75) is 19.4 Å². The molecular formula is C13H15NO. The average Bonchev–Trinajstić information content (AvgIpc) is 2.28. The van der Waals surface area contributed by atoms with Crippen LogP contribution in [0.3, 0.4) is 0 Å². The standard InChI is InChI=1S/C13H15NO/c14-12-7-4-8-13(9-12)15-10-11-5-2-1-3-6-11/h1-3,5-6,8-9H,4,7,10,14H2. The van der Waals surface area contributed by atoms with Crippen molar-refractivity contribution in [3.63, 3.8) is 0 Å². The molecule has 2 N–H and O–H groups in total. The molecule has 0 spiro atoms. The van der Waals surface area contributed by atoms with Gasteiger partial charge in [-0.05, 0) is 30.6 Å². The summed E-state index contributed by atoms with van der Waals surface area (Å²) in [5.74, 6) is 0.891. The van der Waals surface area contributed by atoms with Crippen LogP contribution in [0.2, 0.25) is 0 Å². The van der Waals surface area contributed by atoms with Crippen molar-refractivity contribution in [2.75, 3.05) is 0 Å². The third kappa shape index (κ3) is 2.88. The number of allylic oxidation sites excluding steroid dienone is 3. The van der Waals surface area contributed by atoms with Crippen molar-refractivity contribution >= 4 is 0 Å². The second kappa shape index (κ2) is 4.69. The molecule has 0 saturated carbocycles. The summed E-state index contributed by atoms with van der Waals surface area (Å²) in [5.41, 5.74) is 7.81. The third-order valence-corrected chi connectivity index (χ3v) is 2.35. The highest BCUT2D eigenvalue weighted by Gasteiger charge is 2.03. The van der Waals surface area contributed by atoms with Crippen molar-refractivity contribution in [1.82, 2.24) is 0 Å². The van der Waals surface area contributed by atoms with E-state index in [1.807, 2.05) is 24.3 Å². The maximum atomic E-state index is 5.73. The molecule has 1 aromatic carbocycles. The van der Waals surface area contributed by atoms with Crippen LogP contribution >= 0.6 is 0 Å². The second-order valence-corrected chi connectivity index (χ2v) is 3.64. The van der Waals surface area contributed by atoms with Crippen molar-refractivity contribution in [2.24, 2.45) is 5.73 Å². The minimum absolute atomic E-state index is 0.608. The highest BCUT2D eigenvalue weighted by atomic mass is 16.5. The molecule has 1 aliphatic carbocycles. The van der Waals surface area contributed by atoms with Crippen LogP contribution in [0.1, 0.15) is 18.4 Å². The molecule has 0 amide bonds. The predicted octanol–water partition coefficient (Wildman–Crippen LogP) is 2.72. The van der Waals surface area contributed by atoms with Crippen molar-refractivity contribution in [1.29, 1.82) is 0 Å². The van der Waals surface area contributed by atoms with Crippen LogP contribution in [0.5, 0.6) is 0 Å². The highest BCUT2D eigenvalue weighted by molar-refractivity contribution is 5.22. The Bertz CT molecular complexity index is 379. The summed E-state index contributed by atoms with van der Waals surface area (Å²) in [4.78, 5) is 0. The van der Waals surface area contributed by atoms with Gasteiger partial charge in [-0.25, -0.2) is 0 Å². The molecular weight excluding hydrogens is 186 g/mol. The Hall–Kier alpha value is -1.70. The summed E-state index contributed by atoms with van der Waals surface area (Å²) < 4.78 is 5.64. The van der Waals surface area contributed by atoms with Gasteiger partial charge in [-0.2, -0.15) is 0 Å². The predicted molar refractivity (Wildman–Crippen MR) is 60.8 cm³/mol. The van der Waals surface area contributed by atoms with E-state index in [1.165, 1.54) is 5.56 Å². The van der Waals surface area contributed by atoms with E-state index in [0.717, 1.165) is 24.3 Å². The van der Waals surface area contributed by atoms with E-state index in [0.29, 0.717) is 6.61 Å². The fraction of sp³-hybridized carbons (Fsp3) is 0.231. The van der Waals surface area contributed by atoms with Gasteiger partial charge in [0.05, 0.1) is 0 Å². The van der Waals surface area contributed by atoms with Crippen LogP contribution in [0.4, 0.5) is 0 Å². The zero-order valence-electron chi connectivity index (χ0n) is 8.65. The Kier molecular flexibility index (Phi) is 3.08. The monoisotopic (exact) mass is 201 g/mol. The zero-order valence-corrected chi connectivity index (χ0v) is 8.65. The first kappa shape index (κ1) is 9.84. The molecule has 0 unspecified atom stereocenters. The van der Waals surface area contributed by atoms with Gasteiger partial charge in [0.15, 0.2) is 0 Å². The lowest BCUT2D eigenvalue weighted by Crippen LogP contribution is -2.03. The molecule has 0 atom stereocenters. The first-order valence-corrected chi connectivity index (χ1v) is 5.17. The molecule has 1 aromatic rings. The van der Waals surface area contributed by atoms with E-state index in [2.05, 4.69) is 18.2 Å². The highest BCUT2D eigenvalue weighted by Crippen LogP contribution is 2.15. The number of rotatable bonds is 3. The van der Waals surface area contributed by atoms with Crippen LogP contribution in [0.15, 0.2) is 53.9 Å². The van der Waals surface area contributed by atoms with Gasteiger partial charge < -0.3 is 10.5 Å². The molecule has 0 fully saturated rings. The van der Waals surface area contributed by atoms with Gasteiger partial charge in [-0.1, -0.05) is 30.3 Å². The topological polar surface area (TPSA) is 35.2 Å². The number of hydrogen-bond donors (Lipinski definition) is 1. The van der Waals surface area contributed by atoms with E-state index in [1.54, 1.807) is 0 Å². The molecule has 0 radical (unpaired) electrons. The average molecular weight is 201 g/mol. The first-order chi connectivity index (χ1) is 7.34. The summed E-state index contributed by atoms with van der Waals surface area (Å²) in [5, 5.41) is 0. The SMILES string of the molecule is NC1=CC(OCc2ccccc2)=CCC1. The van der Waals surface area contributed by atoms with E-state index in [9.17, 15) is 0 Å². The number of benzene rings is 1. The second-order valence-electron chi connectivity index (χ2n) is 3.64. The molecule has 0 aromatic heterocycles. The van der Waals surface area contributed by atoms with Gasteiger partial charge in [-0.3, -0.25) is 0 Å². The molecule has 1 aliphatic rings. The molecule has 0 bridgehead atoms. The van der Waals surface area contributed by atoms with Crippen LogP contribution in [0.25, 0.3) is 0 Å². The summed E-state index contributed by atoms with van der Waals surface area (Å²) >= 11 is 0. The molecule has 2 heteroatoms. The molecule has 0 aliphatic heterocycles. The van der Waals surface area contributed by atoms with Crippen LogP contribution in [0, 0.1) is 0 Å². The Balaban J connectivity index is 1.92. The van der Waals surface area contributed by atoms with Crippen LogP contribution < -0.4 is 5.73 Å². The molecule has 0 saturated heterocycles. The minimum atomic E-state index is 0.608. The summed E-state index contributed by atoms with van der Waals surface area (Å²) in [6, 6.07) is 10.1. The van der Waals surface area contributed by atoms with Gasteiger partial charge in [0.2, 0.25) is 0 Å². The molecule has 2 rings (SSSR count). The maximum Gasteiger partial charge on any atom is 0.117 e. The molecule has 78 valence electrons. The summed E-state index contributed by atoms with van der Waals surface area (Å²) in [7, 11) is 0. The van der Waals surface area contributed by atoms with Crippen molar-refractivity contribution in [3.8, 4) is 0 Å². The smallest absolute Gasteiger partial charge is 0.117 e.